The highest BCUT2D eigenvalue weighted by Crippen LogP contribution is 2.24. The highest BCUT2D eigenvalue weighted by atomic mass is 35.5. The van der Waals surface area contributed by atoms with Gasteiger partial charge >= 0.3 is 0 Å². The van der Waals surface area contributed by atoms with Crippen molar-refractivity contribution >= 4 is 34.5 Å². The van der Waals surface area contributed by atoms with Gasteiger partial charge in [-0.2, -0.15) is 0 Å². The van der Waals surface area contributed by atoms with Crippen molar-refractivity contribution in [3.05, 3.63) is 28.8 Å². The highest BCUT2D eigenvalue weighted by molar-refractivity contribution is 7.80. The van der Waals surface area contributed by atoms with E-state index >= 15 is 0 Å². The number of thiocarbonyl (C=S) groups is 1. The molecular weight excluding hydrogens is 268 g/mol. The summed E-state index contributed by atoms with van der Waals surface area (Å²) in [6.07, 6.45) is 2.33. The summed E-state index contributed by atoms with van der Waals surface area (Å²) < 4.78 is 5.52. The summed E-state index contributed by atoms with van der Waals surface area (Å²) in [4.78, 5) is 0.325. The quantitative estimate of drug-likeness (QED) is 0.838. The van der Waals surface area contributed by atoms with Crippen LogP contribution < -0.4 is 11.1 Å². The molecule has 1 aliphatic heterocycles. The topological polar surface area (TPSA) is 47.3 Å². The number of benzene rings is 1. The lowest BCUT2D eigenvalue weighted by molar-refractivity contribution is 0.0232. The van der Waals surface area contributed by atoms with Crippen molar-refractivity contribution < 1.29 is 4.74 Å². The lowest BCUT2D eigenvalue weighted by Crippen LogP contribution is -2.32. The van der Waals surface area contributed by atoms with Crippen molar-refractivity contribution in [3.63, 3.8) is 0 Å². The first-order valence-corrected chi connectivity index (χ1v) is 6.82. The van der Waals surface area contributed by atoms with Crippen molar-refractivity contribution in [1.29, 1.82) is 0 Å². The maximum Gasteiger partial charge on any atom is 0.105 e. The van der Waals surface area contributed by atoms with E-state index in [4.69, 9.17) is 34.3 Å². The highest BCUT2D eigenvalue weighted by Gasteiger charge is 2.19. The Balaban J connectivity index is 2.05. The van der Waals surface area contributed by atoms with E-state index in [2.05, 4.69) is 12.2 Å². The number of rotatable bonds is 3. The average Bonchev–Trinajstić information content (AvgIpc) is 2.28. The van der Waals surface area contributed by atoms with Gasteiger partial charge in [-0.15, -0.1) is 0 Å². The molecule has 1 aromatic carbocycles. The molecule has 1 aromatic rings. The first-order valence-electron chi connectivity index (χ1n) is 6.03. The monoisotopic (exact) mass is 284 g/mol. The molecule has 0 amide bonds. The van der Waals surface area contributed by atoms with Crippen LogP contribution >= 0.6 is 23.8 Å². The number of anilines is 1. The summed E-state index contributed by atoms with van der Waals surface area (Å²) in [6.45, 7) is 2.90. The maximum atomic E-state index is 6.14. The molecule has 3 nitrogen and oxygen atoms in total. The summed E-state index contributed by atoms with van der Waals surface area (Å²) in [5.41, 5.74) is 7.30. The molecule has 0 aromatic heterocycles. The summed E-state index contributed by atoms with van der Waals surface area (Å²) in [7, 11) is 0. The molecule has 0 aliphatic carbocycles. The van der Waals surface area contributed by atoms with Gasteiger partial charge in [0.05, 0.1) is 11.1 Å². The van der Waals surface area contributed by atoms with Crippen LogP contribution in [0.25, 0.3) is 0 Å². The number of ether oxygens (including phenoxy) is 1. The normalized spacial score (nSPS) is 23.7. The van der Waals surface area contributed by atoms with Gasteiger partial charge in [-0.25, -0.2) is 0 Å². The lowest BCUT2D eigenvalue weighted by Gasteiger charge is -2.28. The third-order valence-corrected chi connectivity index (χ3v) is 3.62. The Morgan fingerprint density at radius 3 is 2.94 bits per heavy atom. The molecule has 0 saturated carbocycles. The maximum absolute atomic E-state index is 6.14. The smallest absolute Gasteiger partial charge is 0.105 e. The van der Waals surface area contributed by atoms with E-state index in [0.29, 0.717) is 22.2 Å². The zero-order valence-electron chi connectivity index (χ0n) is 10.3. The fourth-order valence-corrected chi connectivity index (χ4v) is 2.69. The number of hydrogen-bond acceptors (Lipinski definition) is 3. The first-order chi connectivity index (χ1) is 8.56. The van der Waals surface area contributed by atoms with Crippen LogP contribution in [0.15, 0.2) is 18.2 Å². The summed E-state index contributed by atoms with van der Waals surface area (Å²) >= 11 is 11.1. The van der Waals surface area contributed by atoms with E-state index in [-0.39, 0.29) is 0 Å². The van der Waals surface area contributed by atoms with E-state index in [0.717, 1.165) is 30.7 Å². The summed E-state index contributed by atoms with van der Waals surface area (Å²) in [5, 5.41) is 4.06. The second-order valence-corrected chi connectivity index (χ2v) is 5.45. The van der Waals surface area contributed by atoms with Crippen LogP contribution in [0.3, 0.4) is 0 Å². The van der Waals surface area contributed by atoms with E-state index in [1.165, 1.54) is 0 Å². The van der Waals surface area contributed by atoms with Crippen molar-refractivity contribution in [2.45, 2.75) is 31.9 Å². The van der Waals surface area contributed by atoms with Gasteiger partial charge in [0.2, 0.25) is 0 Å². The Bertz CT molecular complexity index is 453. The van der Waals surface area contributed by atoms with Crippen LogP contribution in [-0.2, 0) is 4.74 Å². The number of nitrogens with one attached hydrogen (secondary N) is 1. The van der Waals surface area contributed by atoms with Gasteiger partial charge in [0.1, 0.15) is 4.99 Å². The van der Waals surface area contributed by atoms with Crippen molar-refractivity contribution in [3.8, 4) is 0 Å². The number of nitrogens with two attached hydrogens (primary N) is 1. The molecule has 2 rings (SSSR count). The van der Waals surface area contributed by atoms with Crippen LogP contribution in [0.5, 0.6) is 0 Å². The van der Waals surface area contributed by atoms with Gasteiger partial charge < -0.3 is 15.8 Å². The minimum Gasteiger partial charge on any atom is -0.389 e. The summed E-state index contributed by atoms with van der Waals surface area (Å²) in [5.74, 6) is 0. The van der Waals surface area contributed by atoms with E-state index in [1.54, 1.807) is 0 Å². The Labute approximate surface area is 118 Å². The molecule has 1 aliphatic rings. The predicted octanol–water partition coefficient (Wildman–Crippen LogP) is 2.95. The van der Waals surface area contributed by atoms with Crippen molar-refractivity contribution in [1.82, 2.24) is 0 Å². The Kier molecular flexibility index (Phi) is 4.43. The molecule has 0 radical (unpaired) electrons. The molecule has 3 N–H and O–H groups in total. The molecule has 5 heteroatoms. The standard InChI is InChI=1S/C13H17ClN2OS/c1-8-6-10(4-5-17-8)16-9-2-3-11(13(15)18)12(14)7-9/h2-3,7-8,10,16H,4-6H2,1H3,(H2,15,18). The fourth-order valence-electron chi connectivity index (χ4n) is 2.17. The second kappa shape index (κ2) is 5.87. The third kappa shape index (κ3) is 3.34. The van der Waals surface area contributed by atoms with E-state index in [9.17, 15) is 0 Å². The van der Waals surface area contributed by atoms with Gasteiger partial charge in [-0.3, -0.25) is 0 Å². The first kappa shape index (κ1) is 13.6. The van der Waals surface area contributed by atoms with Crippen molar-refractivity contribution in [2.24, 2.45) is 5.73 Å². The molecule has 0 spiro atoms. The van der Waals surface area contributed by atoms with Crippen LogP contribution in [0.1, 0.15) is 25.3 Å². The Morgan fingerprint density at radius 1 is 1.56 bits per heavy atom. The van der Waals surface area contributed by atoms with Crippen molar-refractivity contribution in [2.75, 3.05) is 11.9 Å². The lowest BCUT2D eigenvalue weighted by atomic mass is 10.0. The van der Waals surface area contributed by atoms with Crippen LogP contribution in [0.2, 0.25) is 5.02 Å². The second-order valence-electron chi connectivity index (χ2n) is 4.61. The molecule has 2 unspecified atom stereocenters. The number of hydrogen-bond donors (Lipinski definition) is 2. The molecule has 1 fully saturated rings. The van der Waals surface area contributed by atoms with Crippen LogP contribution in [0, 0.1) is 0 Å². The predicted molar refractivity (Wildman–Crippen MR) is 79.4 cm³/mol. The van der Waals surface area contributed by atoms with Gasteiger partial charge in [-0.05, 0) is 38.0 Å². The molecule has 1 heterocycles. The third-order valence-electron chi connectivity index (χ3n) is 3.09. The zero-order valence-corrected chi connectivity index (χ0v) is 11.9. The van der Waals surface area contributed by atoms with Crippen LogP contribution in [0.4, 0.5) is 5.69 Å². The molecule has 18 heavy (non-hydrogen) atoms. The minimum atomic E-state index is 0.308. The fraction of sp³-hybridized carbons (Fsp3) is 0.462. The Morgan fingerprint density at radius 2 is 2.33 bits per heavy atom. The average molecular weight is 285 g/mol. The van der Waals surface area contributed by atoms with Gasteiger partial charge in [0.25, 0.3) is 0 Å². The van der Waals surface area contributed by atoms with E-state index < -0.39 is 0 Å². The van der Waals surface area contributed by atoms with E-state index in [1.807, 2.05) is 18.2 Å². The molecule has 98 valence electrons. The molecule has 1 saturated heterocycles. The van der Waals surface area contributed by atoms with Crippen LogP contribution in [-0.4, -0.2) is 23.7 Å². The molecular formula is C13H17ClN2OS. The largest absolute Gasteiger partial charge is 0.389 e. The van der Waals surface area contributed by atoms with Gasteiger partial charge in [0, 0.05) is 23.9 Å². The number of halogens is 1. The minimum absolute atomic E-state index is 0.308. The molecule has 0 bridgehead atoms. The molecule has 2 atom stereocenters. The SMILES string of the molecule is CC1CC(Nc2ccc(C(N)=S)c(Cl)c2)CCO1. The zero-order chi connectivity index (χ0) is 13.1. The van der Waals surface area contributed by atoms with Gasteiger partial charge in [0.15, 0.2) is 0 Å². The van der Waals surface area contributed by atoms with Gasteiger partial charge in [-0.1, -0.05) is 23.8 Å². The summed E-state index contributed by atoms with van der Waals surface area (Å²) in [6, 6.07) is 6.12. The Hall–Kier alpha value is -0.840.